The van der Waals surface area contributed by atoms with Crippen LogP contribution in [0, 0.1) is 0 Å². The van der Waals surface area contributed by atoms with Crippen molar-refractivity contribution >= 4 is 18.3 Å². The van der Waals surface area contributed by atoms with E-state index in [1.165, 1.54) is 18.4 Å². The van der Waals surface area contributed by atoms with Crippen LogP contribution in [0.25, 0.3) is 0 Å². The molecule has 3 nitrogen and oxygen atoms in total. The summed E-state index contributed by atoms with van der Waals surface area (Å²) in [5.41, 5.74) is 2.18. The van der Waals surface area contributed by atoms with Crippen molar-refractivity contribution in [1.29, 1.82) is 0 Å². The van der Waals surface area contributed by atoms with E-state index in [0.29, 0.717) is 5.92 Å². The molecule has 2 saturated heterocycles. The highest BCUT2D eigenvalue weighted by atomic mass is 35.5. The van der Waals surface area contributed by atoms with Crippen LogP contribution < -0.4 is 5.32 Å². The van der Waals surface area contributed by atoms with E-state index in [0.717, 1.165) is 44.6 Å². The predicted molar refractivity (Wildman–Crippen MR) is 83.7 cm³/mol. The molecule has 2 aliphatic heterocycles. The molecule has 2 heterocycles. The smallest absolute Gasteiger partial charge is 0.253 e. The summed E-state index contributed by atoms with van der Waals surface area (Å²) >= 11 is 0. The number of hydrogen-bond donors (Lipinski definition) is 1. The summed E-state index contributed by atoms with van der Waals surface area (Å²) < 4.78 is 0. The Morgan fingerprint density at radius 2 is 2.00 bits per heavy atom. The second-order valence-corrected chi connectivity index (χ2v) is 5.67. The van der Waals surface area contributed by atoms with E-state index in [9.17, 15) is 4.79 Å². The number of piperidine rings is 1. The molecule has 110 valence electrons. The van der Waals surface area contributed by atoms with Gasteiger partial charge in [0.25, 0.3) is 5.91 Å². The van der Waals surface area contributed by atoms with Crippen molar-refractivity contribution in [3.05, 3.63) is 35.4 Å². The van der Waals surface area contributed by atoms with Gasteiger partial charge < -0.3 is 10.2 Å². The van der Waals surface area contributed by atoms with Crippen LogP contribution in [0.3, 0.4) is 0 Å². The van der Waals surface area contributed by atoms with Crippen LogP contribution in [-0.4, -0.2) is 37.0 Å². The molecule has 0 aromatic heterocycles. The predicted octanol–water partition coefficient (Wildman–Crippen LogP) is 2.81. The van der Waals surface area contributed by atoms with Crippen molar-refractivity contribution < 1.29 is 4.79 Å². The Morgan fingerprint density at radius 1 is 1.20 bits per heavy atom. The minimum absolute atomic E-state index is 0. The van der Waals surface area contributed by atoms with Gasteiger partial charge in [-0.15, -0.1) is 12.4 Å². The van der Waals surface area contributed by atoms with Crippen LogP contribution in [0.15, 0.2) is 24.3 Å². The Labute approximate surface area is 127 Å². The molecule has 0 bridgehead atoms. The van der Waals surface area contributed by atoms with E-state index in [2.05, 4.69) is 17.4 Å². The van der Waals surface area contributed by atoms with E-state index < -0.39 is 0 Å². The summed E-state index contributed by atoms with van der Waals surface area (Å²) in [5, 5.41) is 3.44. The molecule has 2 aliphatic rings. The molecule has 0 aliphatic carbocycles. The average molecular weight is 295 g/mol. The molecular formula is C16H23ClN2O. The van der Waals surface area contributed by atoms with Gasteiger partial charge in [0.2, 0.25) is 0 Å². The molecule has 1 unspecified atom stereocenters. The summed E-state index contributed by atoms with van der Waals surface area (Å²) in [6.45, 7) is 4.02. The minimum atomic E-state index is 0. The van der Waals surface area contributed by atoms with Crippen LogP contribution >= 0.6 is 12.4 Å². The standard InChI is InChI=1S/C16H22N2O.ClH/c19-16(18-9-1-2-10-18)14-6-3-5-13(11-14)15-7-4-8-17-12-15;/h3,5-6,11,15,17H,1-2,4,7-10,12H2;1H. The van der Waals surface area contributed by atoms with Gasteiger partial charge in [-0.1, -0.05) is 12.1 Å². The number of nitrogens with zero attached hydrogens (tertiary/aromatic N) is 1. The zero-order valence-electron chi connectivity index (χ0n) is 11.8. The van der Waals surface area contributed by atoms with Gasteiger partial charge in [-0.05, 0) is 55.8 Å². The molecule has 1 aromatic carbocycles. The third kappa shape index (κ3) is 3.33. The number of amides is 1. The molecule has 3 rings (SSSR count). The minimum Gasteiger partial charge on any atom is -0.339 e. The molecule has 0 radical (unpaired) electrons. The molecule has 20 heavy (non-hydrogen) atoms. The molecule has 4 heteroatoms. The van der Waals surface area contributed by atoms with E-state index >= 15 is 0 Å². The molecule has 1 amide bonds. The first-order valence-corrected chi connectivity index (χ1v) is 7.44. The number of halogens is 1. The lowest BCUT2D eigenvalue weighted by molar-refractivity contribution is 0.0792. The maximum atomic E-state index is 12.4. The third-order valence-corrected chi connectivity index (χ3v) is 4.30. The van der Waals surface area contributed by atoms with Gasteiger partial charge in [0.05, 0.1) is 0 Å². The van der Waals surface area contributed by atoms with Crippen molar-refractivity contribution in [3.8, 4) is 0 Å². The lowest BCUT2D eigenvalue weighted by Gasteiger charge is -2.24. The van der Waals surface area contributed by atoms with Gasteiger partial charge in [0, 0.05) is 25.2 Å². The lowest BCUT2D eigenvalue weighted by atomic mass is 9.90. The van der Waals surface area contributed by atoms with Gasteiger partial charge in [-0.2, -0.15) is 0 Å². The van der Waals surface area contributed by atoms with E-state index in [4.69, 9.17) is 0 Å². The summed E-state index contributed by atoms with van der Waals surface area (Å²) in [5.74, 6) is 0.781. The van der Waals surface area contributed by atoms with E-state index in [1.807, 2.05) is 17.0 Å². The highest BCUT2D eigenvalue weighted by Gasteiger charge is 2.21. The largest absolute Gasteiger partial charge is 0.339 e. The van der Waals surface area contributed by atoms with Gasteiger partial charge in [-0.3, -0.25) is 4.79 Å². The molecule has 0 saturated carbocycles. The number of hydrogen-bond acceptors (Lipinski definition) is 2. The summed E-state index contributed by atoms with van der Waals surface area (Å²) in [6.07, 6.45) is 4.76. The zero-order valence-corrected chi connectivity index (χ0v) is 12.6. The summed E-state index contributed by atoms with van der Waals surface area (Å²) in [4.78, 5) is 14.4. The Balaban J connectivity index is 0.00000147. The van der Waals surface area contributed by atoms with Crippen LogP contribution in [0.5, 0.6) is 0 Å². The SMILES string of the molecule is Cl.O=C(c1cccc(C2CCCNC2)c1)N1CCCC1. The van der Waals surface area contributed by atoms with Gasteiger partial charge in [0.15, 0.2) is 0 Å². The average Bonchev–Trinajstić information content (AvgIpc) is 3.02. The number of carbonyl (C=O) groups is 1. The first-order valence-electron chi connectivity index (χ1n) is 7.44. The molecule has 1 atom stereocenters. The number of carbonyl (C=O) groups excluding carboxylic acids is 1. The monoisotopic (exact) mass is 294 g/mol. The Bertz CT molecular complexity index is 452. The number of benzene rings is 1. The second-order valence-electron chi connectivity index (χ2n) is 5.67. The maximum absolute atomic E-state index is 12.4. The summed E-state index contributed by atoms with van der Waals surface area (Å²) in [7, 11) is 0. The fraction of sp³-hybridized carbons (Fsp3) is 0.562. The maximum Gasteiger partial charge on any atom is 0.253 e. The summed E-state index contributed by atoms with van der Waals surface area (Å²) in [6, 6.07) is 8.27. The van der Waals surface area contributed by atoms with Crippen molar-refractivity contribution in [2.24, 2.45) is 0 Å². The van der Waals surface area contributed by atoms with Crippen LogP contribution in [-0.2, 0) is 0 Å². The van der Waals surface area contributed by atoms with Crippen molar-refractivity contribution in [3.63, 3.8) is 0 Å². The molecular weight excluding hydrogens is 272 g/mol. The molecule has 2 fully saturated rings. The topological polar surface area (TPSA) is 32.3 Å². The van der Waals surface area contributed by atoms with Gasteiger partial charge >= 0.3 is 0 Å². The van der Waals surface area contributed by atoms with E-state index in [-0.39, 0.29) is 18.3 Å². The first-order chi connectivity index (χ1) is 9.34. The number of likely N-dealkylation sites (tertiary alicyclic amines) is 1. The van der Waals surface area contributed by atoms with Crippen molar-refractivity contribution in [2.75, 3.05) is 26.2 Å². The first kappa shape index (κ1) is 15.3. The Morgan fingerprint density at radius 3 is 2.70 bits per heavy atom. The highest BCUT2D eigenvalue weighted by molar-refractivity contribution is 5.94. The molecule has 0 spiro atoms. The van der Waals surface area contributed by atoms with Crippen LogP contribution in [0.2, 0.25) is 0 Å². The van der Waals surface area contributed by atoms with E-state index in [1.54, 1.807) is 0 Å². The Hall–Kier alpha value is -1.06. The molecule has 1 N–H and O–H groups in total. The van der Waals surface area contributed by atoms with Crippen molar-refractivity contribution in [2.45, 2.75) is 31.6 Å². The zero-order chi connectivity index (χ0) is 13.1. The fourth-order valence-electron chi connectivity index (χ4n) is 3.16. The third-order valence-electron chi connectivity index (χ3n) is 4.30. The number of nitrogens with one attached hydrogen (secondary N) is 1. The van der Waals surface area contributed by atoms with Crippen LogP contribution in [0.1, 0.15) is 47.5 Å². The van der Waals surface area contributed by atoms with Crippen LogP contribution in [0.4, 0.5) is 0 Å². The quantitative estimate of drug-likeness (QED) is 0.910. The van der Waals surface area contributed by atoms with Gasteiger partial charge in [0.1, 0.15) is 0 Å². The Kier molecular flexibility index (Phi) is 5.44. The normalized spacial score (nSPS) is 22.4. The highest BCUT2D eigenvalue weighted by Crippen LogP contribution is 2.24. The second kappa shape index (κ2) is 7.09. The fourth-order valence-corrected chi connectivity index (χ4v) is 3.16. The van der Waals surface area contributed by atoms with Gasteiger partial charge in [-0.25, -0.2) is 0 Å². The lowest BCUT2D eigenvalue weighted by Crippen LogP contribution is -2.29. The molecule has 1 aromatic rings. The van der Waals surface area contributed by atoms with Crippen molar-refractivity contribution in [1.82, 2.24) is 10.2 Å². The number of rotatable bonds is 2.